The van der Waals surface area contributed by atoms with Gasteiger partial charge in [-0.25, -0.2) is 8.78 Å². The van der Waals surface area contributed by atoms with Crippen molar-refractivity contribution in [1.82, 2.24) is 0 Å². The molecule has 4 N–H and O–H groups in total. The first-order valence-corrected chi connectivity index (χ1v) is 20.6. The lowest BCUT2D eigenvalue weighted by atomic mass is 9.60. The molecule has 0 spiro atoms. The van der Waals surface area contributed by atoms with E-state index in [1.54, 1.807) is 0 Å². The molecule has 5 unspecified atom stereocenters. The number of halogens is 2. The summed E-state index contributed by atoms with van der Waals surface area (Å²) in [6.45, 7) is 4.32. The number of hydrogen-bond acceptors (Lipinski definition) is 6. The van der Waals surface area contributed by atoms with Gasteiger partial charge in [-0.15, -0.1) is 0 Å². The van der Waals surface area contributed by atoms with E-state index in [1.807, 2.05) is 12.1 Å². The van der Waals surface area contributed by atoms with Gasteiger partial charge < -0.3 is 20.9 Å². The summed E-state index contributed by atoms with van der Waals surface area (Å²) in [6.07, 6.45) is 20.2. The Labute approximate surface area is 310 Å². The van der Waals surface area contributed by atoms with Crippen molar-refractivity contribution < 1.29 is 27.8 Å². The normalized spacial score (nSPS) is 28.3. The highest BCUT2D eigenvalue weighted by Gasteiger charge is 2.46. The Morgan fingerprint density at radius 3 is 1.40 bits per heavy atom. The maximum Gasteiger partial charge on any atom is 0.311 e. The Morgan fingerprint density at radius 1 is 0.615 bits per heavy atom. The van der Waals surface area contributed by atoms with Gasteiger partial charge in [-0.05, 0) is 97.6 Å². The second-order valence-electron chi connectivity index (χ2n) is 17.2. The van der Waals surface area contributed by atoms with Crippen molar-refractivity contribution in [2.45, 2.75) is 178 Å². The van der Waals surface area contributed by atoms with E-state index in [0.29, 0.717) is 49.0 Å². The van der Waals surface area contributed by atoms with Crippen LogP contribution in [0.3, 0.4) is 0 Å². The average molecular weight is 721 g/mol. The molecule has 6 rings (SSSR count). The lowest BCUT2D eigenvalue weighted by molar-refractivity contribution is -0.135. The van der Waals surface area contributed by atoms with Gasteiger partial charge in [0.15, 0.2) is 0 Å². The van der Waals surface area contributed by atoms with Crippen LogP contribution in [0, 0.1) is 23.5 Å². The summed E-state index contributed by atoms with van der Waals surface area (Å²) in [5.74, 6) is -0.0324. The van der Waals surface area contributed by atoms with Gasteiger partial charge in [0.25, 0.3) is 0 Å². The Bertz CT molecular complexity index is 1460. The minimum atomic E-state index is -0.323. The zero-order valence-corrected chi connectivity index (χ0v) is 31.7. The first-order chi connectivity index (χ1) is 25.0. The number of ether oxygens (including phenoxy) is 2. The third kappa shape index (κ3) is 8.59. The fraction of sp³-hybridized carbons (Fsp3) is 0.682. The van der Waals surface area contributed by atoms with E-state index < -0.39 is 0 Å². The summed E-state index contributed by atoms with van der Waals surface area (Å²) in [5.41, 5.74) is 16.3. The van der Waals surface area contributed by atoms with Gasteiger partial charge in [-0.3, -0.25) is 9.59 Å². The first-order valence-electron chi connectivity index (χ1n) is 20.6. The quantitative estimate of drug-likeness (QED) is 0.121. The largest absolute Gasteiger partial charge is 0.426 e. The monoisotopic (exact) mass is 720 g/mol. The second kappa shape index (κ2) is 17.1. The Morgan fingerprint density at radius 2 is 1.00 bits per heavy atom. The molecular formula is C44H62F2N2O4. The highest BCUT2D eigenvalue weighted by Crippen LogP contribution is 2.49. The van der Waals surface area contributed by atoms with Crippen molar-refractivity contribution in [3.63, 3.8) is 0 Å². The van der Waals surface area contributed by atoms with Gasteiger partial charge in [0.05, 0.1) is 0 Å². The minimum Gasteiger partial charge on any atom is -0.426 e. The topological polar surface area (TPSA) is 105 Å². The molecule has 4 aliphatic rings. The summed E-state index contributed by atoms with van der Waals surface area (Å²) >= 11 is 0. The van der Waals surface area contributed by atoms with E-state index in [9.17, 15) is 9.59 Å². The molecule has 0 saturated heterocycles. The smallest absolute Gasteiger partial charge is 0.311 e. The van der Waals surface area contributed by atoms with E-state index in [2.05, 4.69) is 13.8 Å². The number of hydrogen-bond donors (Lipinski definition) is 2. The number of nitrogens with two attached hydrogens (primary N) is 2. The molecule has 286 valence electrons. The van der Waals surface area contributed by atoms with Gasteiger partial charge in [-0.2, -0.15) is 0 Å². The molecule has 0 amide bonds. The Hall–Kier alpha value is -2.84. The predicted octanol–water partition coefficient (Wildman–Crippen LogP) is 9.82. The van der Waals surface area contributed by atoms with Crippen LogP contribution >= 0.6 is 0 Å². The Kier molecular flexibility index (Phi) is 12.8. The molecule has 8 heteroatoms. The maximum atomic E-state index is 15.3. The highest BCUT2D eigenvalue weighted by atomic mass is 19.1. The number of fused-ring (bicyclic) bond motifs is 8. The molecule has 0 aliphatic heterocycles. The summed E-state index contributed by atoms with van der Waals surface area (Å²) in [6, 6.07) is 6.49. The molecule has 6 atom stereocenters. The summed E-state index contributed by atoms with van der Waals surface area (Å²) in [4.78, 5) is 25.3. The lowest BCUT2D eigenvalue weighted by Gasteiger charge is -2.47. The third-order valence-corrected chi connectivity index (χ3v) is 13.5. The Balaban J connectivity index is 0.863. The fourth-order valence-electron chi connectivity index (χ4n) is 10.2. The van der Waals surface area contributed by atoms with Crippen molar-refractivity contribution in [3.8, 4) is 11.5 Å². The van der Waals surface area contributed by atoms with Crippen LogP contribution in [0.4, 0.5) is 8.78 Å². The average Bonchev–Trinajstić information content (AvgIpc) is 3.10. The number of rotatable bonds is 13. The van der Waals surface area contributed by atoms with Crippen molar-refractivity contribution in [1.29, 1.82) is 0 Å². The van der Waals surface area contributed by atoms with Gasteiger partial charge >= 0.3 is 11.9 Å². The standard InChI is InChI=1S/C44H62F2N2O4/c1-43-21-15-9-11-17-29(41(43)47)23-33-35(43)25-31(27-37(33)45)51-39(49)19-13-7-5-3-4-6-8-14-20-40(50)52-32-26-36-34(38(46)28-32)24-30-18-12-10-16-22-44(36,2)42(30)48/h25-30,41-42H,3-24,47-48H2,1-2H3/t29?,30?,41?,42?,43-,44?/m1/s1. The molecule has 6 nitrogen and oxygen atoms in total. The molecule has 52 heavy (non-hydrogen) atoms. The summed E-state index contributed by atoms with van der Waals surface area (Å²) in [7, 11) is 0. The fourth-order valence-corrected chi connectivity index (χ4v) is 10.2. The van der Waals surface area contributed by atoms with Gasteiger partial charge in [0, 0.05) is 47.9 Å². The molecule has 2 saturated carbocycles. The van der Waals surface area contributed by atoms with Gasteiger partial charge in [0.2, 0.25) is 0 Å². The molecule has 2 aromatic rings. The zero-order valence-electron chi connectivity index (χ0n) is 31.7. The lowest BCUT2D eigenvalue weighted by Crippen LogP contribution is -2.53. The molecule has 2 fully saturated rings. The van der Waals surface area contributed by atoms with Crippen LogP contribution < -0.4 is 20.9 Å². The van der Waals surface area contributed by atoms with Crippen LogP contribution in [-0.2, 0) is 33.3 Å². The van der Waals surface area contributed by atoms with Crippen LogP contribution in [0.2, 0.25) is 0 Å². The molecule has 4 aliphatic carbocycles. The SMILES string of the molecule is CC12CCCCCC(Cc3c(F)cc(OC(=O)CCCCCCCCCCC(=O)Oc4cc(F)c5c(c4)[C@@]4(C)CCCCCC(C5)C4N)cc31)C2N. The first kappa shape index (κ1) is 38.9. The third-order valence-electron chi connectivity index (χ3n) is 13.5. The van der Waals surface area contributed by atoms with Gasteiger partial charge in [0.1, 0.15) is 23.1 Å². The van der Waals surface area contributed by atoms with Crippen LogP contribution in [0.15, 0.2) is 24.3 Å². The molecule has 4 bridgehead atoms. The van der Waals surface area contributed by atoms with E-state index in [4.69, 9.17) is 20.9 Å². The maximum absolute atomic E-state index is 15.3. The predicted molar refractivity (Wildman–Crippen MR) is 201 cm³/mol. The van der Waals surface area contributed by atoms with Crippen molar-refractivity contribution in [3.05, 3.63) is 58.2 Å². The molecule has 0 radical (unpaired) electrons. The van der Waals surface area contributed by atoms with Crippen LogP contribution in [-0.4, -0.2) is 24.0 Å². The van der Waals surface area contributed by atoms with Crippen LogP contribution in [0.25, 0.3) is 0 Å². The molecular weight excluding hydrogens is 658 g/mol. The zero-order chi connectivity index (χ0) is 36.9. The number of carbonyl (C=O) groups excluding carboxylic acids is 2. The summed E-state index contributed by atoms with van der Waals surface area (Å²) < 4.78 is 41.9. The molecule has 2 aromatic carbocycles. The number of benzene rings is 2. The van der Waals surface area contributed by atoms with Crippen molar-refractivity contribution in [2.75, 3.05) is 0 Å². The number of carbonyl (C=O) groups is 2. The highest BCUT2D eigenvalue weighted by molar-refractivity contribution is 5.73. The second-order valence-corrected chi connectivity index (χ2v) is 17.2. The summed E-state index contributed by atoms with van der Waals surface area (Å²) in [5, 5.41) is 0. The van der Waals surface area contributed by atoms with E-state index in [0.717, 1.165) is 125 Å². The van der Waals surface area contributed by atoms with Crippen LogP contribution in [0.1, 0.15) is 165 Å². The van der Waals surface area contributed by atoms with Crippen molar-refractivity contribution >= 4 is 11.9 Å². The number of esters is 2. The van der Waals surface area contributed by atoms with Gasteiger partial charge in [-0.1, -0.05) is 90.9 Å². The van der Waals surface area contributed by atoms with E-state index >= 15 is 8.78 Å². The van der Waals surface area contributed by atoms with E-state index in [1.165, 1.54) is 25.0 Å². The van der Waals surface area contributed by atoms with E-state index in [-0.39, 0.29) is 46.5 Å². The number of unbranched alkanes of at least 4 members (excludes halogenated alkanes) is 7. The van der Waals surface area contributed by atoms with Crippen molar-refractivity contribution in [2.24, 2.45) is 23.3 Å². The minimum absolute atomic E-state index is 0.0158. The van der Waals surface area contributed by atoms with Crippen LogP contribution in [0.5, 0.6) is 11.5 Å². The molecule has 0 heterocycles. The molecule has 0 aromatic heterocycles.